The molecular formula is C13H16F3NO4. The van der Waals surface area contributed by atoms with Crippen molar-refractivity contribution in [1.29, 1.82) is 0 Å². The predicted molar refractivity (Wildman–Crippen MR) is 67.7 cm³/mol. The molecule has 0 amide bonds. The van der Waals surface area contributed by atoms with Gasteiger partial charge in [-0.25, -0.2) is 0 Å². The van der Waals surface area contributed by atoms with Crippen molar-refractivity contribution in [1.82, 2.24) is 5.32 Å². The highest BCUT2D eigenvalue weighted by atomic mass is 19.4. The van der Waals surface area contributed by atoms with Gasteiger partial charge < -0.3 is 24.3 Å². The van der Waals surface area contributed by atoms with Crippen molar-refractivity contribution in [2.75, 3.05) is 33.7 Å². The van der Waals surface area contributed by atoms with E-state index >= 15 is 0 Å². The highest BCUT2D eigenvalue weighted by Gasteiger charge is 2.29. The molecule has 0 saturated heterocycles. The van der Waals surface area contributed by atoms with Gasteiger partial charge in [-0.1, -0.05) is 0 Å². The number of rotatable bonds is 7. The minimum absolute atomic E-state index is 0.0502. The Bertz CT molecular complexity index is 479. The number of halogens is 3. The summed E-state index contributed by atoms with van der Waals surface area (Å²) in [5.41, 5.74) is 0.569. The van der Waals surface area contributed by atoms with Crippen LogP contribution in [-0.4, -0.2) is 39.8 Å². The van der Waals surface area contributed by atoms with E-state index in [2.05, 4.69) is 5.32 Å². The summed E-state index contributed by atoms with van der Waals surface area (Å²) in [4.78, 5) is 0. The summed E-state index contributed by atoms with van der Waals surface area (Å²) in [5.74, 6) is 1.01. The molecule has 5 nitrogen and oxygen atoms in total. The van der Waals surface area contributed by atoms with E-state index in [-0.39, 0.29) is 12.5 Å². The lowest BCUT2D eigenvalue weighted by Gasteiger charge is -2.14. The molecule has 8 heteroatoms. The Morgan fingerprint density at radius 3 is 2.62 bits per heavy atom. The van der Waals surface area contributed by atoms with Gasteiger partial charge in [0, 0.05) is 31.8 Å². The van der Waals surface area contributed by atoms with Crippen molar-refractivity contribution in [2.24, 2.45) is 0 Å². The predicted octanol–water partition coefficient (Wildman–Crippen LogP) is 2.09. The average Bonchev–Trinajstić information content (AvgIpc) is 2.87. The number of fused-ring (bicyclic) bond motifs is 1. The van der Waals surface area contributed by atoms with Crippen molar-refractivity contribution < 1.29 is 32.1 Å². The summed E-state index contributed by atoms with van der Waals surface area (Å²) in [7, 11) is 1.57. The number of hydrogen-bond acceptors (Lipinski definition) is 5. The normalized spacial score (nSPS) is 13.5. The Hall–Kier alpha value is -1.67. The quantitative estimate of drug-likeness (QED) is 0.782. The Labute approximate surface area is 119 Å². The molecule has 1 aliphatic rings. The fraction of sp³-hybridized carbons (Fsp3) is 0.538. The van der Waals surface area contributed by atoms with Crippen LogP contribution >= 0.6 is 0 Å². The van der Waals surface area contributed by atoms with Crippen LogP contribution in [0.1, 0.15) is 5.56 Å². The maximum absolute atomic E-state index is 12.3. The van der Waals surface area contributed by atoms with E-state index in [4.69, 9.17) is 18.9 Å². The van der Waals surface area contributed by atoms with Gasteiger partial charge in [0.1, 0.15) is 5.75 Å². The van der Waals surface area contributed by atoms with Crippen LogP contribution in [0.15, 0.2) is 12.1 Å². The summed E-state index contributed by atoms with van der Waals surface area (Å²) in [6.07, 6.45) is -4.39. The molecule has 0 fully saturated rings. The fourth-order valence-corrected chi connectivity index (χ4v) is 1.79. The van der Waals surface area contributed by atoms with E-state index < -0.39 is 12.8 Å². The average molecular weight is 307 g/mol. The molecule has 1 aromatic rings. The summed E-state index contributed by atoms with van der Waals surface area (Å²) < 4.78 is 57.0. The van der Waals surface area contributed by atoms with Crippen molar-refractivity contribution in [2.45, 2.75) is 12.7 Å². The highest BCUT2D eigenvalue weighted by Crippen LogP contribution is 2.38. The molecule has 0 saturated carbocycles. The zero-order chi connectivity index (χ0) is 15.3. The van der Waals surface area contributed by atoms with Crippen LogP contribution in [0.25, 0.3) is 0 Å². The molecule has 1 aromatic carbocycles. The van der Waals surface area contributed by atoms with Gasteiger partial charge in [0.2, 0.25) is 6.79 Å². The third-order valence-electron chi connectivity index (χ3n) is 2.75. The molecule has 0 radical (unpaired) electrons. The van der Waals surface area contributed by atoms with Crippen LogP contribution in [-0.2, 0) is 11.3 Å². The molecule has 21 heavy (non-hydrogen) atoms. The topological polar surface area (TPSA) is 49.0 Å². The maximum atomic E-state index is 12.3. The molecule has 2 rings (SSSR count). The molecule has 1 heterocycles. The molecular weight excluding hydrogens is 291 g/mol. The minimum atomic E-state index is -4.39. The number of nitrogens with one attached hydrogen (secondary N) is 1. The van der Waals surface area contributed by atoms with Gasteiger partial charge in [-0.3, -0.25) is 0 Å². The van der Waals surface area contributed by atoms with Crippen molar-refractivity contribution in [3.8, 4) is 17.2 Å². The van der Waals surface area contributed by atoms with Gasteiger partial charge in [-0.2, -0.15) is 13.2 Å². The van der Waals surface area contributed by atoms with E-state index in [0.29, 0.717) is 36.8 Å². The summed E-state index contributed by atoms with van der Waals surface area (Å²) in [6, 6.07) is 3.04. The van der Waals surface area contributed by atoms with Crippen LogP contribution in [0.2, 0.25) is 0 Å². The molecule has 118 valence electrons. The lowest BCUT2D eigenvalue weighted by atomic mass is 10.1. The fourth-order valence-electron chi connectivity index (χ4n) is 1.79. The lowest BCUT2D eigenvalue weighted by Crippen LogP contribution is -2.22. The molecule has 1 N–H and O–H groups in total. The number of hydrogen-bond donors (Lipinski definition) is 1. The van der Waals surface area contributed by atoms with Gasteiger partial charge in [0.15, 0.2) is 18.1 Å². The Kier molecular flexibility index (Phi) is 5.13. The minimum Gasteiger partial charge on any atom is -0.484 e. The second kappa shape index (κ2) is 6.86. The standard InChI is InChI=1S/C13H16F3NO4/c1-18-3-2-17-6-9-4-11-12(21-8-20-11)5-10(9)19-7-13(14,15)16/h4-5,17H,2-3,6-8H2,1H3. The van der Waals surface area contributed by atoms with E-state index in [1.807, 2.05) is 0 Å². The van der Waals surface area contributed by atoms with E-state index in [1.54, 1.807) is 13.2 Å². The number of ether oxygens (including phenoxy) is 4. The van der Waals surface area contributed by atoms with Gasteiger partial charge in [-0.05, 0) is 6.07 Å². The van der Waals surface area contributed by atoms with Crippen LogP contribution in [0, 0.1) is 0 Å². The van der Waals surface area contributed by atoms with E-state index in [1.165, 1.54) is 6.07 Å². The van der Waals surface area contributed by atoms with Crippen molar-refractivity contribution >= 4 is 0 Å². The summed E-state index contributed by atoms with van der Waals surface area (Å²) >= 11 is 0. The smallest absolute Gasteiger partial charge is 0.422 e. The maximum Gasteiger partial charge on any atom is 0.422 e. The molecule has 0 bridgehead atoms. The molecule has 0 aliphatic carbocycles. The Morgan fingerprint density at radius 2 is 1.95 bits per heavy atom. The van der Waals surface area contributed by atoms with Gasteiger partial charge in [0.25, 0.3) is 0 Å². The lowest BCUT2D eigenvalue weighted by molar-refractivity contribution is -0.153. The second-order valence-corrected chi connectivity index (χ2v) is 4.39. The van der Waals surface area contributed by atoms with Crippen LogP contribution < -0.4 is 19.5 Å². The second-order valence-electron chi connectivity index (χ2n) is 4.39. The monoisotopic (exact) mass is 307 g/mol. The van der Waals surface area contributed by atoms with Gasteiger partial charge >= 0.3 is 6.18 Å². The zero-order valence-electron chi connectivity index (χ0n) is 11.5. The Balaban J connectivity index is 2.08. The number of alkyl halides is 3. The van der Waals surface area contributed by atoms with E-state index in [0.717, 1.165) is 0 Å². The highest BCUT2D eigenvalue weighted by molar-refractivity contribution is 5.51. The zero-order valence-corrected chi connectivity index (χ0v) is 11.5. The molecule has 0 unspecified atom stereocenters. The van der Waals surface area contributed by atoms with Crippen LogP contribution in [0.4, 0.5) is 13.2 Å². The molecule has 0 aromatic heterocycles. The van der Waals surface area contributed by atoms with Gasteiger partial charge in [0.05, 0.1) is 6.61 Å². The van der Waals surface area contributed by atoms with Crippen LogP contribution in [0.3, 0.4) is 0 Å². The van der Waals surface area contributed by atoms with E-state index in [9.17, 15) is 13.2 Å². The third kappa shape index (κ3) is 4.68. The van der Waals surface area contributed by atoms with Crippen molar-refractivity contribution in [3.63, 3.8) is 0 Å². The molecule has 0 spiro atoms. The molecule has 1 aliphatic heterocycles. The first kappa shape index (κ1) is 15.7. The third-order valence-corrected chi connectivity index (χ3v) is 2.75. The van der Waals surface area contributed by atoms with Crippen LogP contribution in [0.5, 0.6) is 17.2 Å². The first-order valence-electron chi connectivity index (χ1n) is 6.31. The first-order valence-corrected chi connectivity index (χ1v) is 6.31. The first-order chi connectivity index (χ1) is 9.99. The number of methoxy groups -OCH3 is 1. The Morgan fingerprint density at radius 1 is 1.24 bits per heavy atom. The van der Waals surface area contributed by atoms with Gasteiger partial charge in [-0.15, -0.1) is 0 Å². The summed E-state index contributed by atoms with van der Waals surface area (Å²) in [5, 5.41) is 3.05. The largest absolute Gasteiger partial charge is 0.484 e. The summed E-state index contributed by atoms with van der Waals surface area (Å²) in [6.45, 7) is 0.118. The SMILES string of the molecule is COCCNCc1cc2c(cc1OCC(F)(F)F)OCO2. The van der Waals surface area contributed by atoms with Crippen molar-refractivity contribution in [3.05, 3.63) is 17.7 Å². The number of benzene rings is 1. The molecule has 0 atom stereocenters.